The molecule has 0 aromatic heterocycles. The molecule has 0 aromatic carbocycles. The number of esters is 4. The fraction of sp³-hybridized carbons (Fsp3) is 0.934. The number of phosphoric acid groups is 2. The fourth-order valence-corrected chi connectivity index (χ4v) is 10.7. The molecular formula is C61H118O17P2. The molecule has 0 amide bonds. The van der Waals surface area contributed by atoms with Crippen molar-refractivity contribution in [2.24, 2.45) is 0 Å². The SMILES string of the molecule is CCCCCCCCCCCCCCCCCCC(=O)O[C@H](COC(=O)CCCCCCCCCCCCCCCC)COP(=O)(O)OC[C@@H](O)COP(=O)(O)OC[C@@H](COC(=O)CCCCCCC)OC(=O)CCCCCCC. The van der Waals surface area contributed by atoms with Crippen molar-refractivity contribution >= 4 is 39.5 Å². The molecule has 0 bridgehead atoms. The maximum atomic E-state index is 13.0. The van der Waals surface area contributed by atoms with Crippen LogP contribution in [-0.2, 0) is 65.4 Å². The second-order valence-corrected chi connectivity index (χ2v) is 25.0. The summed E-state index contributed by atoms with van der Waals surface area (Å²) in [7, 11) is -9.86. The van der Waals surface area contributed by atoms with E-state index in [9.17, 15) is 43.2 Å². The van der Waals surface area contributed by atoms with E-state index in [2.05, 4.69) is 27.7 Å². The Kier molecular flexibility index (Phi) is 54.8. The highest BCUT2D eigenvalue weighted by Crippen LogP contribution is 2.45. The number of carbonyl (C=O) groups is 4. The lowest BCUT2D eigenvalue weighted by atomic mass is 10.0. The molecule has 3 N–H and O–H groups in total. The summed E-state index contributed by atoms with van der Waals surface area (Å²) in [6.45, 7) is 4.70. The van der Waals surface area contributed by atoms with Crippen LogP contribution in [0.3, 0.4) is 0 Å². The maximum absolute atomic E-state index is 13.0. The highest BCUT2D eigenvalue weighted by atomic mass is 31.2. The quantitative estimate of drug-likeness (QED) is 0.0222. The van der Waals surface area contributed by atoms with Crippen molar-refractivity contribution < 1.29 is 80.2 Å². The van der Waals surface area contributed by atoms with Gasteiger partial charge >= 0.3 is 39.5 Å². The first-order valence-electron chi connectivity index (χ1n) is 32.3. The number of rotatable bonds is 62. The van der Waals surface area contributed by atoms with E-state index in [1.54, 1.807) is 0 Å². The number of unbranched alkanes of at least 4 members (excludes halogenated alkanes) is 36. The largest absolute Gasteiger partial charge is 0.472 e. The molecule has 2 unspecified atom stereocenters. The highest BCUT2D eigenvalue weighted by Gasteiger charge is 2.30. The lowest BCUT2D eigenvalue weighted by molar-refractivity contribution is -0.161. The van der Waals surface area contributed by atoms with Gasteiger partial charge in [-0.1, -0.05) is 259 Å². The van der Waals surface area contributed by atoms with Gasteiger partial charge in [0, 0.05) is 25.7 Å². The molecule has 0 aliphatic carbocycles. The Labute approximate surface area is 486 Å². The summed E-state index contributed by atoms with van der Waals surface area (Å²) in [5.74, 6) is -2.16. The van der Waals surface area contributed by atoms with Gasteiger partial charge in [-0.15, -0.1) is 0 Å². The molecule has 0 fully saturated rings. The van der Waals surface area contributed by atoms with Crippen molar-refractivity contribution in [1.82, 2.24) is 0 Å². The van der Waals surface area contributed by atoms with Gasteiger partial charge in [-0.25, -0.2) is 9.13 Å². The molecule has 0 rings (SSSR count). The zero-order chi connectivity index (χ0) is 59.1. The first kappa shape index (κ1) is 78.1. The van der Waals surface area contributed by atoms with Crippen molar-refractivity contribution in [2.75, 3.05) is 39.6 Å². The first-order valence-corrected chi connectivity index (χ1v) is 35.3. The minimum Gasteiger partial charge on any atom is -0.462 e. The number of aliphatic hydroxyl groups excluding tert-OH is 1. The first-order chi connectivity index (χ1) is 38.7. The van der Waals surface area contributed by atoms with Gasteiger partial charge < -0.3 is 33.8 Å². The predicted molar refractivity (Wildman–Crippen MR) is 317 cm³/mol. The summed E-state index contributed by atoms with van der Waals surface area (Å²) in [5, 5.41) is 10.5. The predicted octanol–water partition coefficient (Wildman–Crippen LogP) is 16.8. The third-order valence-corrected chi connectivity index (χ3v) is 16.0. The van der Waals surface area contributed by atoms with E-state index in [1.807, 2.05) is 0 Å². The van der Waals surface area contributed by atoms with Crippen LogP contribution in [0.4, 0.5) is 0 Å². The van der Waals surface area contributed by atoms with E-state index >= 15 is 0 Å². The van der Waals surface area contributed by atoms with Crippen molar-refractivity contribution in [3.63, 3.8) is 0 Å². The average molecular weight is 1190 g/mol. The molecule has 19 heteroatoms. The summed E-state index contributed by atoms with van der Waals surface area (Å²) >= 11 is 0. The van der Waals surface area contributed by atoms with E-state index in [-0.39, 0.29) is 25.7 Å². The van der Waals surface area contributed by atoms with E-state index in [1.165, 1.54) is 135 Å². The Bertz CT molecular complexity index is 1550. The molecule has 0 heterocycles. The minimum absolute atomic E-state index is 0.0992. The molecule has 0 radical (unpaired) electrons. The zero-order valence-electron chi connectivity index (χ0n) is 51.0. The second kappa shape index (κ2) is 56.2. The number of hydrogen-bond donors (Lipinski definition) is 3. The molecule has 5 atom stereocenters. The van der Waals surface area contributed by atoms with Crippen LogP contribution in [0.25, 0.3) is 0 Å². The molecule has 0 aromatic rings. The van der Waals surface area contributed by atoms with Crippen LogP contribution in [0.5, 0.6) is 0 Å². The van der Waals surface area contributed by atoms with Gasteiger partial charge in [0.05, 0.1) is 26.4 Å². The van der Waals surface area contributed by atoms with E-state index in [4.69, 9.17) is 37.0 Å². The monoisotopic (exact) mass is 1180 g/mol. The summed E-state index contributed by atoms with van der Waals surface area (Å²) in [5.41, 5.74) is 0. The topological polar surface area (TPSA) is 237 Å². The third kappa shape index (κ3) is 55.3. The summed E-state index contributed by atoms with van der Waals surface area (Å²) < 4.78 is 67.5. The highest BCUT2D eigenvalue weighted by molar-refractivity contribution is 7.47. The summed E-state index contributed by atoms with van der Waals surface area (Å²) in [6.07, 6.45) is 41.1. The Morgan fingerprint density at radius 2 is 0.500 bits per heavy atom. The number of phosphoric ester groups is 2. The second-order valence-electron chi connectivity index (χ2n) is 22.1. The van der Waals surface area contributed by atoms with Gasteiger partial charge in [0.15, 0.2) is 12.2 Å². The molecule has 474 valence electrons. The normalized spacial score (nSPS) is 14.2. The molecular weight excluding hydrogens is 1070 g/mol. The molecule has 80 heavy (non-hydrogen) atoms. The smallest absolute Gasteiger partial charge is 0.462 e. The van der Waals surface area contributed by atoms with E-state index in [0.717, 1.165) is 96.3 Å². The van der Waals surface area contributed by atoms with Gasteiger partial charge in [-0.2, -0.15) is 0 Å². The zero-order valence-corrected chi connectivity index (χ0v) is 52.8. The van der Waals surface area contributed by atoms with Crippen LogP contribution in [0.1, 0.15) is 310 Å². The third-order valence-electron chi connectivity index (χ3n) is 14.1. The van der Waals surface area contributed by atoms with Gasteiger partial charge in [0.25, 0.3) is 0 Å². The summed E-state index contributed by atoms with van der Waals surface area (Å²) in [4.78, 5) is 71.6. The van der Waals surface area contributed by atoms with Gasteiger partial charge in [-0.3, -0.25) is 37.3 Å². The van der Waals surface area contributed by atoms with Gasteiger partial charge in [-0.05, 0) is 25.7 Å². The van der Waals surface area contributed by atoms with E-state index in [0.29, 0.717) is 25.7 Å². The molecule has 17 nitrogen and oxygen atoms in total. The Morgan fingerprint density at radius 1 is 0.300 bits per heavy atom. The van der Waals surface area contributed by atoms with Crippen molar-refractivity contribution in [1.29, 1.82) is 0 Å². The molecule has 0 saturated heterocycles. The summed E-state index contributed by atoms with van der Waals surface area (Å²) in [6, 6.07) is 0. The maximum Gasteiger partial charge on any atom is 0.472 e. The average Bonchev–Trinajstić information content (AvgIpc) is 3.43. The van der Waals surface area contributed by atoms with E-state index < -0.39 is 97.5 Å². The molecule has 0 saturated carbocycles. The Balaban J connectivity index is 5.10. The number of ether oxygens (including phenoxy) is 4. The molecule has 0 spiro atoms. The van der Waals surface area contributed by atoms with Gasteiger partial charge in [0.1, 0.15) is 19.3 Å². The lowest BCUT2D eigenvalue weighted by Crippen LogP contribution is -2.30. The van der Waals surface area contributed by atoms with Crippen molar-refractivity contribution in [3.05, 3.63) is 0 Å². The Morgan fingerprint density at radius 3 is 0.738 bits per heavy atom. The molecule has 0 aliphatic heterocycles. The molecule has 0 aliphatic rings. The fourth-order valence-electron chi connectivity index (χ4n) is 9.10. The van der Waals surface area contributed by atoms with Crippen LogP contribution >= 0.6 is 15.6 Å². The van der Waals surface area contributed by atoms with Crippen molar-refractivity contribution in [2.45, 2.75) is 329 Å². The van der Waals surface area contributed by atoms with Crippen LogP contribution < -0.4 is 0 Å². The van der Waals surface area contributed by atoms with Gasteiger partial charge in [0.2, 0.25) is 0 Å². The standard InChI is InChI=1S/C61H118O17P2/c1-5-9-13-17-19-21-23-25-27-28-30-32-34-36-40-44-48-61(66)78-57(52-72-59(64)46-42-39-35-33-31-29-26-24-22-20-18-14-10-6-2)54-76-80(69,70)74-50-55(62)49-73-79(67,68)75-53-56(77-60(65)47-43-38-16-12-8-4)51-71-58(63)45-41-37-15-11-7-3/h55-57,62H,5-54H2,1-4H3,(H,67,68)(H,69,70)/t55-,56+,57+/m0/s1. The minimum atomic E-state index is -4.94. The number of aliphatic hydroxyl groups is 1. The van der Waals surface area contributed by atoms with Crippen LogP contribution in [0.2, 0.25) is 0 Å². The van der Waals surface area contributed by atoms with Crippen LogP contribution in [0, 0.1) is 0 Å². The van der Waals surface area contributed by atoms with Crippen molar-refractivity contribution in [3.8, 4) is 0 Å². The Hall–Kier alpha value is -1.94. The van der Waals surface area contributed by atoms with Crippen LogP contribution in [-0.4, -0.2) is 96.7 Å². The number of hydrogen-bond acceptors (Lipinski definition) is 15. The lowest BCUT2D eigenvalue weighted by Gasteiger charge is -2.21. The van der Waals surface area contributed by atoms with Crippen LogP contribution in [0.15, 0.2) is 0 Å². The number of carbonyl (C=O) groups excluding carboxylic acids is 4.